The van der Waals surface area contributed by atoms with Crippen molar-refractivity contribution in [2.24, 2.45) is 5.73 Å². The number of hydrogen-bond acceptors (Lipinski definition) is 3. The second-order valence-corrected chi connectivity index (χ2v) is 6.32. The molecular formula is C16H20N2S. The first-order chi connectivity index (χ1) is 9.25. The van der Waals surface area contributed by atoms with E-state index in [0.717, 1.165) is 12.1 Å². The molecule has 2 nitrogen and oxygen atoms in total. The lowest BCUT2D eigenvalue weighted by molar-refractivity contribution is 0.478. The SMILES string of the molecule is Cc1ncsc1C(N)CC1CCCc2ccccc21. The minimum absolute atomic E-state index is 0.128. The van der Waals surface area contributed by atoms with Crippen molar-refractivity contribution in [1.29, 1.82) is 0 Å². The summed E-state index contributed by atoms with van der Waals surface area (Å²) in [6.07, 6.45) is 4.82. The maximum atomic E-state index is 6.40. The van der Waals surface area contributed by atoms with Gasteiger partial charge in [0.15, 0.2) is 0 Å². The fraction of sp³-hybridized carbons (Fsp3) is 0.438. The summed E-state index contributed by atoms with van der Waals surface area (Å²) in [7, 11) is 0. The molecule has 2 N–H and O–H groups in total. The third-order valence-corrected chi connectivity index (χ3v) is 5.21. The molecular weight excluding hydrogens is 252 g/mol. The number of benzene rings is 1. The second-order valence-electron chi connectivity index (χ2n) is 5.43. The van der Waals surface area contributed by atoms with Gasteiger partial charge in [-0.3, -0.25) is 0 Å². The Morgan fingerprint density at radius 2 is 2.26 bits per heavy atom. The van der Waals surface area contributed by atoms with Crippen molar-refractivity contribution in [1.82, 2.24) is 4.98 Å². The molecule has 1 heterocycles. The van der Waals surface area contributed by atoms with Gasteiger partial charge in [0.2, 0.25) is 0 Å². The van der Waals surface area contributed by atoms with E-state index >= 15 is 0 Å². The Hall–Kier alpha value is -1.19. The minimum atomic E-state index is 0.128. The van der Waals surface area contributed by atoms with Crippen molar-refractivity contribution >= 4 is 11.3 Å². The predicted octanol–water partition coefficient (Wildman–Crippen LogP) is 3.96. The van der Waals surface area contributed by atoms with Gasteiger partial charge in [0, 0.05) is 10.9 Å². The van der Waals surface area contributed by atoms with Crippen molar-refractivity contribution in [3.63, 3.8) is 0 Å². The van der Waals surface area contributed by atoms with Crippen LogP contribution in [0.4, 0.5) is 0 Å². The molecule has 100 valence electrons. The molecule has 1 aromatic carbocycles. The van der Waals surface area contributed by atoms with Crippen LogP contribution in [0.1, 0.15) is 52.9 Å². The number of rotatable bonds is 3. The Balaban J connectivity index is 1.80. The number of fused-ring (bicyclic) bond motifs is 1. The molecule has 0 amide bonds. The zero-order valence-corrected chi connectivity index (χ0v) is 12.1. The third kappa shape index (κ3) is 2.58. The highest BCUT2D eigenvalue weighted by Crippen LogP contribution is 2.38. The summed E-state index contributed by atoms with van der Waals surface area (Å²) in [5, 5.41) is 0. The molecule has 1 aliphatic rings. The third-order valence-electron chi connectivity index (χ3n) is 4.15. The number of aromatic nitrogens is 1. The zero-order chi connectivity index (χ0) is 13.2. The fourth-order valence-electron chi connectivity index (χ4n) is 3.18. The van der Waals surface area contributed by atoms with Gasteiger partial charge in [0.1, 0.15) is 0 Å². The van der Waals surface area contributed by atoms with Gasteiger partial charge in [-0.1, -0.05) is 24.3 Å². The maximum absolute atomic E-state index is 6.40. The first-order valence-corrected chi connectivity index (χ1v) is 7.87. The van der Waals surface area contributed by atoms with Gasteiger partial charge in [-0.25, -0.2) is 4.98 Å². The second kappa shape index (κ2) is 5.43. The maximum Gasteiger partial charge on any atom is 0.0798 e. The van der Waals surface area contributed by atoms with Crippen LogP contribution in [0, 0.1) is 6.92 Å². The average molecular weight is 272 g/mol. The van der Waals surface area contributed by atoms with Crippen LogP contribution in [0.5, 0.6) is 0 Å². The van der Waals surface area contributed by atoms with E-state index in [2.05, 4.69) is 36.2 Å². The first kappa shape index (κ1) is 12.8. The van der Waals surface area contributed by atoms with Gasteiger partial charge in [-0.2, -0.15) is 0 Å². The Morgan fingerprint density at radius 3 is 3.05 bits per heavy atom. The van der Waals surface area contributed by atoms with E-state index in [1.807, 2.05) is 5.51 Å². The average Bonchev–Trinajstić information content (AvgIpc) is 2.85. The molecule has 3 rings (SSSR count). The van der Waals surface area contributed by atoms with Crippen molar-refractivity contribution in [3.05, 3.63) is 51.5 Å². The number of aryl methyl sites for hydroxylation is 2. The van der Waals surface area contributed by atoms with Crippen LogP contribution in [0.25, 0.3) is 0 Å². The van der Waals surface area contributed by atoms with E-state index < -0.39 is 0 Å². The summed E-state index contributed by atoms with van der Waals surface area (Å²) < 4.78 is 0. The molecule has 2 unspecified atom stereocenters. The Bertz CT molecular complexity index is 561. The Morgan fingerprint density at radius 1 is 1.42 bits per heavy atom. The van der Waals surface area contributed by atoms with Crippen molar-refractivity contribution in [2.45, 2.75) is 44.6 Å². The monoisotopic (exact) mass is 272 g/mol. The topological polar surface area (TPSA) is 38.9 Å². The number of nitrogens with two attached hydrogens (primary N) is 1. The molecule has 0 aliphatic heterocycles. The fourth-order valence-corrected chi connectivity index (χ4v) is 4.00. The van der Waals surface area contributed by atoms with Gasteiger partial charge in [0.05, 0.1) is 11.2 Å². The van der Waals surface area contributed by atoms with Crippen LogP contribution < -0.4 is 5.73 Å². The van der Waals surface area contributed by atoms with Gasteiger partial charge < -0.3 is 5.73 Å². The van der Waals surface area contributed by atoms with Gasteiger partial charge in [0.25, 0.3) is 0 Å². The Kier molecular flexibility index (Phi) is 3.67. The van der Waals surface area contributed by atoms with Crippen LogP contribution in [-0.4, -0.2) is 4.98 Å². The standard InChI is InChI=1S/C16H20N2S/c1-11-16(19-10-18-11)15(17)9-13-7-4-6-12-5-2-3-8-14(12)13/h2-3,5,8,10,13,15H,4,6-7,9,17H2,1H3. The van der Waals surface area contributed by atoms with Gasteiger partial charge in [-0.05, 0) is 49.7 Å². The van der Waals surface area contributed by atoms with Crippen LogP contribution >= 0.6 is 11.3 Å². The molecule has 1 aromatic heterocycles. The zero-order valence-electron chi connectivity index (χ0n) is 11.3. The van der Waals surface area contributed by atoms with E-state index in [1.165, 1.54) is 35.3 Å². The highest BCUT2D eigenvalue weighted by atomic mass is 32.1. The molecule has 1 aliphatic carbocycles. The smallest absolute Gasteiger partial charge is 0.0798 e. The molecule has 0 radical (unpaired) electrons. The van der Waals surface area contributed by atoms with Crippen molar-refractivity contribution in [3.8, 4) is 0 Å². The van der Waals surface area contributed by atoms with E-state index in [4.69, 9.17) is 5.73 Å². The highest BCUT2D eigenvalue weighted by Gasteiger charge is 2.23. The summed E-state index contributed by atoms with van der Waals surface area (Å²) in [4.78, 5) is 5.57. The lowest BCUT2D eigenvalue weighted by Gasteiger charge is -2.27. The summed E-state index contributed by atoms with van der Waals surface area (Å²) in [6.45, 7) is 2.06. The van der Waals surface area contributed by atoms with E-state index in [-0.39, 0.29) is 6.04 Å². The summed E-state index contributed by atoms with van der Waals surface area (Å²) in [5.74, 6) is 0.612. The summed E-state index contributed by atoms with van der Waals surface area (Å²) >= 11 is 1.69. The molecule has 0 fully saturated rings. The largest absolute Gasteiger partial charge is 0.323 e. The van der Waals surface area contributed by atoms with Crippen LogP contribution in [0.3, 0.4) is 0 Å². The number of thiazole rings is 1. The lowest BCUT2D eigenvalue weighted by atomic mass is 9.79. The highest BCUT2D eigenvalue weighted by molar-refractivity contribution is 7.09. The quantitative estimate of drug-likeness (QED) is 0.918. The Labute approximate surface area is 118 Å². The molecule has 0 bridgehead atoms. The molecule has 0 spiro atoms. The predicted molar refractivity (Wildman–Crippen MR) is 80.5 cm³/mol. The molecule has 19 heavy (non-hydrogen) atoms. The summed E-state index contributed by atoms with van der Waals surface area (Å²) in [5.41, 5.74) is 12.4. The number of hydrogen-bond donors (Lipinski definition) is 1. The van der Waals surface area contributed by atoms with Crippen molar-refractivity contribution < 1.29 is 0 Å². The van der Waals surface area contributed by atoms with Crippen molar-refractivity contribution in [2.75, 3.05) is 0 Å². The van der Waals surface area contributed by atoms with Gasteiger partial charge in [-0.15, -0.1) is 11.3 Å². The van der Waals surface area contributed by atoms with Gasteiger partial charge >= 0.3 is 0 Å². The van der Waals surface area contributed by atoms with E-state index in [9.17, 15) is 0 Å². The minimum Gasteiger partial charge on any atom is -0.323 e. The van der Waals surface area contributed by atoms with Crippen LogP contribution in [-0.2, 0) is 6.42 Å². The summed E-state index contributed by atoms with van der Waals surface area (Å²) in [6, 6.07) is 8.98. The van der Waals surface area contributed by atoms with E-state index in [1.54, 1.807) is 11.3 Å². The molecule has 0 saturated carbocycles. The lowest BCUT2D eigenvalue weighted by Crippen LogP contribution is -2.18. The molecule has 2 aromatic rings. The normalized spacial score (nSPS) is 20.0. The number of nitrogens with zero attached hydrogens (tertiary/aromatic N) is 1. The first-order valence-electron chi connectivity index (χ1n) is 6.99. The van der Waals surface area contributed by atoms with Crippen LogP contribution in [0.2, 0.25) is 0 Å². The molecule has 0 saturated heterocycles. The molecule has 2 atom stereocenters. The van der Waals surface area contributed by atoms with E-state index in [0.29, 0.717) is 5.92 Å². The molecule has 3 heteroatoms. The van der Waals surface area contributed by atoms with Crippen LogP contribution in [0.15, 0.2) is 29.8 Å².